The third-order valence-electron chi connectivity index (χ3n) is 3.56. The highest BCUT2D eigenvalue weighted by molar-refractivity contribution is 5.66. The molecule has 0 radical (unpaired) electrons. The van der Waals surface area contributed by atoms with Crippen LogP contribution in [0.2, 0.25) is 0 Å². The molecule has 0 saturated heterocycles. The molecule has 0 aliphatic heterocycles. The molecule has 2 aromatic rings. The molecule has 0 fully saturated rings. The maximum atomic E-state index is 10.5. The van der Waals surface area contributed by atoms with Gasteiger partial charge in [0.05, 0.1) is 26.2 Å². The van der Waals surface area contributed by atoms with Crippen LogP contribution in [0.4, 0.5) is 0 Å². The molecule has 2 N–H and O–H groups in total. The Bertz CT molecular complexity index is 631. The average Bonchev–Trinajstić information content (AvgIpc) is 2.63. The molecule has 0 amide bonds. The van der Waals surface area contributed by atoms with Crippen molar-refractivity contribution in [2.75, 3.05) is 19.8 Å². The van der Waals surface area contributed by atoms with Crippen LogP contribution in [-0.2, 0) is 22.7 Å². The molecule has 0 aliphatic carbocycles. The molecule has 0 bridgehead atoms. The molecule has 0 aromatic heterocycles. The molecule has 2 rings (SSSR count). The van der Waals surface area contributed by atoms with Crippen molar-refractivity contribution >= 4 is 5.97 Å². The van der Waals surface area contributed by atoms with Gasteiger partial charge in [0, 0.05) is 19.5 Å². The molecule has 0 saturated carbocycles. The first-order chi connectivity index (χ1) is 12.2. The van der Waals surface area contributed by atoms with Crippen molar-refractivity contribution in [3.05, 3.63) is 65.7 Å². The predicted molar refractivity (Wildman–Crippen MR) is 96.6 cm³/mol. The van der Waals surface area contributed by atoms with Gasteiger partial charge >= 0.3 is 5.97 Å². The molecule has 5 nitrogen and oxygen atoms in total. The summed E-state index contributed by atoms with van der Waals surface area (Å²) in [6.45, 7) is 2.97. The van der Waals surface area contributed by atoms with Crippen LogP contribution in [0.15, 0.2) is 54.6 Å². The van der Waals surface area contributed by atoms with Gasteiger partial charge in [0.25, 0.3) is 0 Å². The Kier molecular flexibility index (Phi) is 8.52. The minimum atomic E-state index is -0.793. The standard InChI is InChI=1S/C20H25NO4/c22-20(23)10-11-21-15-18-8-4-9-19(14-18)25-13-5-12-24-16-17-6-2-1-3-7-17/h1-4,6-9,14,21H,5,10-13,15-16H2,(H,22,23). The van der Waals surface area contributed by atoms with Gasteiger partial charge < -0.3 is 19.9 Å². The van der Waals surface area contributed by atoms with Crippen LogP contribution >= 0.6 is 0 Å². The lowest BCUT2D eigenvalue weighted by atomic mass is 10.2. The fourth-order valence-electron chi connectivity index (χ4n) is 2.29. The van der Waals surface area contributed by atoms with Crippen LogP contribution in [-0.4, -0.2) is 30.8 Å². The minimum Gasteiger partial charge on any atom is -0.493 e. The van der Waals surface area contributed by atoms with Crippen LogP contribution in [0.25, 0.3) is 0 Å². The first kappa shape index (κ1) is 19.0. The zero-order valence-electron chi connectivity index (χ0n) is 14.3. The Morgan fingerprint density at radius 3 is 2.60 bits per heavy atom. The molecule has 0 heterocycles. The number of carbonyl (C=O) groups is 1. The summed E-state index contributed by atoms with van der Waals surface area (Å²) in [7, 11) is 0. The highest BCUT2D eigenvalue weighted by Crippen LogP contribution is 2.13. The fourth-order valence-corrected chi connectivity index (χ4v) is 2.29. The van der Waals surface area contributed by atoms with Crippen molar-refractivity contribution < 1.29 is 19.4 Å². The number of carboxylic acid groups (broad SMARTS) is 1. The average molecular weight is 343 g/mol. The molecule has 134 valence electrons. The summed E-state index contributed by atoms with van der Waals surface area (Å²) in [5, 5.41) is 11.7. The second-order valence-corrected chi connectivity index (χ2v) is 5.71. The maximum Gasteiger partial charge on any atom is 0.304 e. The number of hydrogen-bond donors (Lipinski definition) is 2. The van der Waals surface area contributed by atoms with E-state index in [0.717, 1.165) is 17.7 Å². The number of benzene rings is 2. The number of carboxylic acids is 1. The summed E-state index contributed by atoms with van der Waals surface area (Å²) < 4.78 is 11.4. The van der Waals surface area contributed by atoms with Crippen molar-refractivity contribution in [2.24, 2.45) is 0 Å². The zero-order valence-corrected chi connectivity index (χ0v) is 14.3. The van der Waals surface area contributed by atoms with Crippen LogP contribution in [0, 0.1) is 0 Å². The Morgan fingerprint density at radius 2 is 1.80 bits per heavy atom. The van der Waals surface area contributed by atoms with Crippen molar-refractivity contribution in [1.29, 1.82) is 0 Å². The van der Waals surface area contributed by atoms with E-state index < -0.39 is 5.97 Å². The van der Waals surface area contributed by atoms with Gasteiger partial charge in [-0.15, -0.1) is 0 Å². The molecule has 25 heavy (non-hydrogen) atoms. The molecular weight excluding hydrogens is 318 g/mol. The number of ether oxygens (including phenoxy) is 2. The van der Waals surface area contributed by atoms with E-state index >= 15 is 0 Å². The quantitative estimate of drug-likeness (QED) is 0.579. The van der Waals surface area contributed by atoms with Crippen molar-refractivity contribution in [1.82, 2.24) is 5.32 Å². The van der Waals surface area contributed by atoms with Gasteiger partial charge in [0.15, 0.2) is 0 Å². The van der Waals surface area contributed by atoms with Crippen LogP contribution in [0.5, 0.6) is 5.75 Å². The SMILES string of the molecule is O=C(O)CCNCc1cccc(OCCCOCc2ccccc2)c1. The zero-order chi connectivity index (χ0) is 17.7. The first-order valence-electron chi connectivity index (χ1n) is 8.50. The van der Waals surface area contributed by atoms with Gasteiger partial charge in [-0.2, -0.15) is 0 Å². The van der Waals surface area contributed by atoms with Gasteiger partial charge in [0.1, 0.15) is 5.75 Å². The molecule has 0 atom stereocenters. The molecule has 5 heteroatoms. The molecule has 0 spiro atoms. The highest BCUT2D eigenvalue weighted by atomic mass is 16.5. The fraction of sp³-hybridized carbons (Fsp3) is 0.350. The third-order valence-corrected chi connectivity index (χ3v) is 3.56. The van der Waals surface area contributed by atoms with Crippen molar-refractivity contribution in [2.45, 2.75) is 26.0 Å². The summed E-state index contributed by atoms with van der Waals surface area (Å²) in [6.07, 6.45) is 0.951. The Balaban J connectivity index is 1.59. The van der Waals surface area contributed by atoms with Crippen molar-refractivity contribution in [3.63, 3.8) is 0 Å². The van der Waals surface area contributed by atoms with E-state index in [1.807, 2.05) is 54.6 Å². The van der Waals surface area contributed by atoms with Gasteiger partial charge in [-0.05, 0) is 23.3 Å². The third kappa shape index (κ3) is 8.33. The monoisotopic (exact) mass is 343 g/mol. The summed E-state index contributed by atoms with van der Waals surface area (Å²) in [4.78, 5) is 10.5. The number of rotatable bonds is 12. The largest absolute Gasteiger partial charge is 0.493 e. The maximum absolute atomic E-state index is 10.5. The van der Waals surface area contributed by atoms with E-state index in [1.165, 1.54) is 5.56 Å². The molecule has 2 aromatic carbocycles. The smallest absolute Gasteiger partial charge is 0.304 e. The number of nitrogens with one attached hydrogen (secondary N) is 1. The lowest BCUT2D eigenvalue weighted by molar-refractivity contribution is -0.136. The Hall–Kier alpha value is -2.37. The van der Waals surface area contributed by atoms with Crippen LogP contribution in [0.1, 0.15) is 24.0 Å². The van der Waals surface area contributed by atoms with Gasteiger partial charge in [0.2, 0.25) is 0 Å². The van der Waals surface area contributed by atoms with Crippen LogP contribution < -0.4 is 10.1 Å². The number of hydrogen-bond acceptors (Lipinski definition) is 4. The van der Waals surface area contributed by atoms with Gasteiger partial charge in [-0.25, -0.2) is 0 Å². The molecule has 0 unspecified atom stereocenters. The summed E-state index contributed by atoms with van der Waals surface area (Å²) in [5.41, 5.74) is 2.25. The van der Waals surface area contributed by atoms with E-state index in [1.54, 1.807) is 0 Å². The van der Waals surface area contributed by atoms with Crippen molar-refractivity contribution in [3.8, 4) is 5.75 Å². The second kappa shape index (κ2) is 11.2. The summed E-state index contributed by atoms with van der Waals surface area (Å²) >= 11 is 0. The predicted octanol–water partition coefficient (Wildman–Crippen LogP) is 3.24. The van der Waals surface area contributed by atoms with Gasteiger partial charge in [-0.1, -0.05) is 42.5 Å². The second-order valence-electron chi connectivity index (χ2n) is 5.71. The molecule has 0 aliphatic rings. The van der Waals surface area contributed by atoms with Gasteiger partial charge in [-0.3, -0.25) is 4.79 Å². The normalized spacial score (nSPS) is 10.6. The van der Waals surface area contributed by atoms with Crippen LogP contribution in [0.3, 0.4) is 0 Å². The van der Waals surface area contributed by atoms with E-state index in [2.05, 4.69) is 5.32 Å². The Labute approximate surface area is 148 Å². The summed E-state index contributed by atoms with van der Waals surface area (Å²) in [6, 6.07) is 17.9. The van der Waals surface area contributed by atoms with E-state index in [-0.39, 0.29) is 6.42 Å². The topological polar surface area (TPSA) is 67.8 Å². The number of aliphatic carboxylic acids is 1. The van der Waals surface area contributed by atoms with E-state index in [9.17, 15) is 4.79 Å². The lowest BCUT2D eigenvalue weighted by Crippen LogP contribution is -2.17. The minimum absolute atomic E-state index is 0.124. The van der Waals surface area contributed by atoms with E-state index in [4.69, 9.17) is 14.6 Å². The Morgan fingerprint density at radius 1 is 1.00 bits per heavy atom. The van der Waals surface area contributed by atoms with E-state index in [0.29, 0.717) is 32.9 Å². The lowest BCUT2D eigenvalue weighted by Gasteiger charge is -2.09. The first-order valence-corrected chi connectivity index (χ1v) is 8.50. The molecular formula is C20H25NO4. The highest BCUT2D eigenvalue weighted by Gasteiger charge is 2.00. The summed E-state index contributed by atoms with van der Waals surface area (Å²) in [5.74, 6) is 0.0275.